The van der Waals surface area contributed by atoms with Crippen molar-refractivity contribution in [2.24, 2.45) is 0 Å². The molecule has 0 unspecified atom stereocenters. The number of ether oxygens (including phenoxy) is 2. The largest absolute Gasteiger partial charge is 0.457 e. The summed E-state index contributed by atoms with van der Waals surface area (Å²) in [4.78, 5) is 22.1. The molecular weight excluding hydrogens is 508 g/mol. The van der Waals surface area contributed by atoms with Crippen molar-refractivity contribution >= 4 is 34.1 Å². The molecule has 0 heterocycles. The Labute approximate surface area is 238 Å². The molecule has 6 aromatic rings. The van der Waals surface area contributed by atoms with Gasteiger partial charge in [-0.05, 0) is 93.3 Å². The third-order valence-electron chi connectivity index (χ3n) is 7.57. The maximum Gasteiger partial charge on any atom is 0.150 e. The average molecular weight is 537 g/mol. The normalized spacial score (nSPS) is 11.4. The van der Waals surface area contributed by atoms with Crippen LogP contribution in [0.15, 0.2) is 121 Å². The van der Waals surface area contributed by atoms with E-state index in [9.17, 15) is 9.59 Å². The number of hydrogen-bond donors (Lipinski definition) is 0. The number of carbonyl (C=O) groups is 2. The van der Waals surface area contributed by atoms with E-state index >= 15 is 0 Å². The Morgan fingerprint density at radius 1 is 0.439 bits per heavy atom. The Morgan fingerprint density at radius 3 is 1.17 bits per heavy atom. The summed E-state index contributed by atoms with van der Waals surface area (Å²) in [5.41, 5.74) is 3.43. The smallest absolute Gasteiger partial charge is 0.150 e. The number of benzene rings is 6. The lowest BCUT2D eigenvalue weighted by Crippen LogP contribution is -2.18. The fraction of sp³-hybridized carbons (Fsp3) is 0.0811. The second-order valence-electron chi connectivity index (χ2n) is 10.7. The summed E-state index contributed by atoms with van der Waals surface area (Å²) in [5, 5.41) is 4.04. The third-order valence-corrected chi connectivity index (χ3v) is 7.57. The van der Waals surface area contributed by atoms with Crippen molar-refractivity contribution in [3.8, 4) is 23.0 Å². The molecule has 0 aliphatic carbocycles. The Kier molecular flexibility index (Phi) is 6.82. The first-order chi connectivity index (χ1) is 19.9. The van der Waals surface area contributed by atoms with Gasteiger partial charge in [0.25, 0.3) is 0 Å². The van der Waals surface area contributed by atoms with Crippen LogP contribution < -0.4 is 9.47 Å². The van der Waals surface area contributed by atoms with Crippen molar-refractivity contribution in [3.05, 3.63) is 144 Å². The van der Waals surface area contributed by atoms with Gasteiger partial charge in [0.15, 0.2) is 0 Å². The highest BCUT2D eigenvalue weighted by molar-refractivity contribution is 5.90. The molecule has 0 bridgehead atoms. The second kappa shape index (κ2) is 10.7. The van der Waals surface area contributed by atoms with Crippen molar-refractivity contribution in [2.75, 3.05) is 0 Å². The highest BCUT2D eigenvalue weighted by Crippen LogP contribution is 2.35. The molecule has 0 atom stereocenters. The quantitative estimate of drug-likeness (QED) is 0.182. The van der Waals surface area contributed by atoms with Gasteiger partial charge in [-0.3, -0.25) is 9.59 Å². The zero-order valence-electron chi connectivity index (χ0n) is 22.8. The Morgan fingerprint density at radius 2 is 0.780 bits per heavy atom. The maximum atomic E-state index is 11.0. The number of fused-ring (bicyclic) bond motifs is 2. The van der Waals surface area contributed by atoms with Crippen LogP contribution in [0.3, 0.4) is 0 Å². The van der Waals surface area contributed by atoms with Gasteiger partial charge in [-0.25, -0.2) is 0 Å². The van der Waals surface area contributed by atoms with Crippen LogP contribution >= 0.6 is 0 Å². The van der Waals surface area contributed by atoms with Crippen LogP contribution in [-0.4, -0.2) is 12.6 Å². The first kappa shape index (κ1) is 26.0. The van der Waals surface area contributed by atoms with Crippen LogP contribution in [0.1, 0.15) is 45.7 Å². The van der Waals surface area contributed by atoms with Gasteiger partial charge in [-0.15, -0.1) is 0 Å². The Bertz CT molecular complexity index is 1750. The summed E-state index contributed by atoms with van der Waals surface area (Å²) in [6.45, 7) is 4.40. The lowest BCUT2D eigenvalue weighted by atomic mass is 9.78. The van der Waals surface area contributed by atoms with E-state index in [1.54, 1.807) is 0 Å². The van der Waals surface area contributed by atoms with E-state index in [4.69, 9.17) is 9.47 Å². The van der Waals surface area contributed by atoms with Crippen LogP contribution in [0, 0.1) is 0 Å². The highest BCUT2D eigenvalue weighted by Gasteiger charge is 2.23. The zero-order valence-corrected chi connectivity index (χ0v) is 22.8. The minimum atomic E-state index is -0.227. The average Bonchev–Trinajstić information content (AvgIpc) is 3.01. The van der Waals surface area contributed by atoms with E-state index in [0.29, 0.717) is 11.1 Å². The minimum absolute atomic E-state index is 0.227. The predicted octanol–water partition coefficient (Wildman–Crippen LogP) is 9.53. The predicted molar refractivity (Wildman–Crippen MR) is 164 cm³/mol. The van der Waals surface area contributed by atoms with E-state index in [1.807, 2.05) is 97.1 Å². The molecular formula is C37H28O4. The molecule has 0 N–H and O–H groups in total. The first-order valence-electron chi connectivity index (χ1n) is 13.5. The first-order valence-corrected chi connectivity index (χ1v) is 13.5. The van der Waals surface area contributed by atoms with Crippen LogP contribution in [0.4, 0.5) is 0 Å². The standard InChI is InChI=1S/C37H28O4/c1-37(2,31-9-15-33(16-10-31)40-35-13-7-27-19-25(23-38)3-5-29(27)21-35)32-11-17-34(18-12-32)41-36-14-8-28-20-26(24-39)4-6-30(28)22-36/h3-24H,1-2H3. The summed E-state index contributed by atoms with van der Waals surface area (Å²) in [6, 6.07) is 39.3. The molecule has 0 aliphatic heterocycles. The Balaban J connectivity index is 1.15. The molecule has 6 rings (SSSR count). The molecule has 41 heavy (non-hydrogen) atoms. The van der Waals surface area contributed by atoms with Gasteiger partial charge < -0.3 is 9.47 Å². The summed E-state index contributed by atoms with van der Waals surface area (Å²) in [7, 11) is 0. The van der Waals surface area contributed by atoms with E-state index in [0.717, 1.165) is 57.1 Å². The maximum absolute atomic E-state index is 11.0. The Hall–Kier alpha value is -5.22. The molecule has 6 aromatic carbocycles. The minimum Gasteiger partial charge on any atom is -0.457 e. The van der Waals surface area contributed by atoms with E-state index in [2.05, 4.69) is 38.1 Å². The van der Waals surface area contributed by atoms with Gasteiger partial charge in [0.1, 0.15) is 35.6 Å². The molecule has 200 valence electrons. The molecule has 0 fully saturated rings. The number of aldehydes is 2. The number of carbonyl (C=O) groups excluding carboxylic acids is 2. The third kappa shape index (κ3) is 5.45. The van der Waals surface area contributed by atoms with Crippen LogP contribution in [0.25, 0.3) is 21.5 Å². The van der Waals surface area contributed by atoms with Gasteiger partial charge in [-0.2, -0.15) is 0 Å². The van der Waals surface area contributed by atoms with E-state index < -0.39 is 0 Å². The molecule has 0 aliphatic rings. The summed E-state index contributed by atoms with van der Waals surface area (Å²) >= 11 is 0. The summed E-state index contributed by atoms with van der Waals surface area (Å²) in [6.07, 6.45) is 1.71. The van der Waals surface area contributed by atoms with Crippen molar-refractivity contribution < 1.29 is 19.1 Å². The lowest BCUT2D eigenvalue weighted by molar-refractivity contribution is 0.111. The fourth-order valence-corrected chi connectivity index (χ4v) is 5.08. The van der Waals surface area contributed by atoms with Crippen LogP contribution in [0.2, 0.25) is 0 Å². The van der Waals surface area contributed by atoms with Gasteiger partial charge in [0.2, 0.25) is 0 Å². The van der Waals surface area contributed by atoms with E-state index in [-0.39, 0.29) is 5.41 Å². The molecule has 0 amide bonds. The molecule has 0 saturated carbocycles. The van der Waals surface area contributed by atoms with Gasteiger partial charge in [0, 0.05) is 16.5 Å². The highest BCUT2D eigenvalue weighted by atomic mass is 16.5. The topological polar surface area (TPSA) is 52.6 Å². The fourth-order valence-electron chi connectivity index (χ4n) is 5.08. The molecule has 0 saturated heterocycles. The lowest BCUT2D eigenvalue weighted by Gasteiger charge is -2.26. The van der Waals surface area contributed by atoms with Gasteiger partial charge in [0.05, 0.1) is 0 Å². The van der Waals surface area contributed by atoms with Crippen molar-refractivity contribution in [2.45, 2.75) is 19.3 Å². The summed E-state index contributed by atoms with van der Waals surface area (Å²) < 4.78 is 12.3. The molecule has 4 nitrogen and oxygen atoms in total. The molecule has 0 aromatic heterocycles. The van der Waals surface area contributed by atoms with Crippen molar-refractivity contribution in [3.63, 3.8) is 0 Å². The number of rotatable bonds is 8. The van der Waals surface area contributed by atoms with Crippen LogP contribution in [0.5, 0.6) is 23.0 Å². The molecule has 0 spiro atoms. The van der Waals surface area contributed by atoms with Gasteiger partial charge in [-0.1, -0.05) is 74.5 Å². The van der Waals surface area contributed by atoms with Crippen LogP contribution in [-0.2, 0) is 5.41 Å². The van der Waals surface area contributed by atoms with E-state index in [1.165, 1.54) is 11.1 Å². The molecule has 4 heteroatoms. The molecule has 0 radical (unpaired) electrons. The second-order valence-corrected chi connectivity index (χ2v) is 10.7. The summed E-state index contributed by atoms with van der Waals surface area (Å²) in [5.74, 6) is 3.01. The zero-order chi connectivity index (χ0) is 28.4. The van der Waals surface area contributed by atoms with Gasteiger partial charge >= 0.3 is 0 Å². The van der Waals surface area contributed by atoms with Crippen molar-refractivity contribution in [1.29, 1.82) is 0 Å². The van der Waals surface area contributed by atoms with Crippen molar-refractivity contribution in [1.82, 2.24) is 0 Å². The SMILES string of the molecule is CC(C)(c1ccc(Oc2ccc3cc(C=O)ccc3c2)cc1)c1ccc(Oc2ccc3cc(C=O)ccc3c2)cc1. The number of hydrogen-bond acceptors (Lipinski definition) is 4. The monoisotopic (exact) mass is 536 g/mol.